The van der Waals surface area contributed by atoms with Crippen LogP contribution in [0, 0.1) is 12.7 Å². The zero-order chi connectivity index (χ0) is 24.8. The summed E-state index contributed by atoms with van der Waals surface area (Å²) in [7, 11) is -4.06. The molecule has 0 saturated heterocycles. The van der Waals surface area contributed by atoms with Crippen LogP contribution in [0.1, 0.15) is 28.0 Å². The summed E-state index contributed by atoms with van der Waals surface area (Å²) in [6.07, 6.45) is 3.42. The number of rotatable bonds is 9. The summed E-state index contributed by atoms with van der Waals surface area (Å²) in [5.41, 5.74) is 3.05. The number of sulfonamides is 1. The summed E-state index contributed by atoms with van der Waals surface area (Å²) in [4.78, 5) is 12.5. The van der Waals surface area contributed by atoms with Crippen LogP contribution in [0.5, 0.6) is 0 Å². The first-order chi connectivity index (χ1) is 16.8. The Kier molecular flexibility index (Phi) is 7.26. The number of benzene rings is 3. The van der Waals surface area contributed by atoms with Crippen LogP contribution in [0.25, 0.3) is 5.69 Å². The zero-order valence-corrected chi connectivity index (χ0v) is 19.9. The third kappa shape index (κ3) is 5.93. The molecule has 0 spiro atoms. The lowest BCUT2D eigenvalue weighted by molar-refractivity contribution is 0.0953. The number of anilines is 1. The molecule has 2 N–H and O–H groups in total. The van der Waals surface area contributed by atoms with Gasteiger partial charge < -0.3 is 5.32 Å². The lowest BCUT2D eigenvalue weighted by Crippen LogP contribution is -2.25. The van der Waals surface area contributed by atoms with Gasteiger partial charge in [-0.05, 0) is 67.8 Å². The van der Waals surface area contributed by atoms with E-state index in [9.17, 15) is 17.6 Å². The van der Waals surface area contributed by atoms with Crippen molar-refractivity contribution in [3.63, 3.8) is 0 Å². The molecule has 0 radical (unpaired) electrons. The van der Waals surface area contributed by atoms with E-state index >= 15 is 0 Å². The second-order valence-electron chi connectivity index (χ2n) is 7.99. The number of aromatic nitrogens is 2. The van der Waals surface area contributed by atoms with E-state index in [0.29, 0.717) is 13.0 Å². The molecule has 1 heterocycles. The fourth-order valence-electron chi connectivity index (χ4n) is 3.59. The van der Waals surface area contributed by atoms with Gasteiger partial charge in [0.1, 0.15) is 5.82 Å². The molecule has 0 fully saturated rings. The van der Waals surface area contributed by atoms with E-state index in [1.807, 2.05) is 48.1 Å². The molecule has 0 unspecified atom stereocenters. The lowest BCUT2D eigenvalue weighted by atomic mass is 10.1. The average Bonchev–Trinajstić information content (AvgIpc) is 3.24. The maximum atomic E-state index is 13.9. The molecule has 0 atom stereocenters. The molecule has 0 saturated carbocycles. The molecule has 180 valence electrons. The van der Waals surface area contributed by atoms with Gasteiger partial charge in [-0.15, -0.1) is 0 Å². The topological polar surface area (TPSA) is 93.1 Å². The molecular formula is C26H25FN4O3S. The highest BCUT2D eigenvalue weighted by Crippen LogP contribution is 2.20. The van der Waals surface area contributed by atoms with E-state index in [0.717, 1.165) is 29.4 Å². The molecule has 35 heavy (non-hydrogen) atoms. The van der Waals surface area contributed by atoms with Gasteiger partial charge in [-0.1, -0.05) is 36.4 Å². The number of aryl methyl sites for hydroxylation is 2. The first-order valence-electron chi connectivity index (χ1n) is 11.1. The zero-order valence-electron chi connectivity index (χ0n) is 19.1. The van der Waals surface area contributed by atoms with Gasteiger partial charge in [0.05, 0.1) is 22.0 Å². The highest BCUT2D eigenvalue weighted by Gasteiger charge is 2.18. The quantitative estimate of drug-likeness (QED) is 0.337. The van der Waals surface area contributed by atoms with Crippen LogP contribution in [-0.2, 0) is 16.4 Å². The molecule has 4 aromatic rings. The van der Waals surface area contributed by atoms with Crippen LogP contribution in [0.3, 0.4) is 0 Å². The number of hydrogen-bond acceptors (Lipinski definition) is 4. The van der Waals surface area contributed by atoms with Gasteiger partial charge in [0.25, 0.3) is 15.9 Å². The van der Waals surface area contributed by atoms with E-state index in [-0.39, 0.29) is 22.1 Å². The van der Waals surface area contributed by atoms with Crippen molar-refractivity contribution in [1.82, 2.24) is 15.1 Å². The second kappa shape index (κ2) is 10.5. The van der Waals surface area contributed by atoms with Gasteiger partial charge in [-0.25, -0.2) is 17.5 Å². The number of amides is 1. The Morgan fingerprint density at radius 3 is 2.51 bits per heavy atom. The maximum absolute atomic E-state index is 13.9. The Labute approximate surface area is 203 Å². The first-order valence-corrected chi connectivity index (χ1v) is 12.6. The summed E-state index contributed by atoms with van der Waals surface area (Å²) in [6, 6.07) is 21.0. The molecule has 1 aromatic heterocycles. The molecule has 4 rings (SSSR count). The highest BCUT2D eigenvalue weighted by atomic mass is 32.2. The van der Waals surface area contributed by atoms with Gasteiger partial charge >= 0.3 is 0 Å². The largest absolute Gasteiger partial charge is 0.352 e. The van der Waals surface area contributed by atoms with Crippen LogP contribution >= 0.6 is 0 Å². The third-order valence-electron chi connectivity index (χ3n) is 5.45. The minimum Gasteiger partial charge on any atom is -0.352 e. The number of para-hydroxylation sites is 2. The molecule has 0 aliphatic carbocycles. The summed E-state index contributed by atoms with van der Waals surface area (Å²) in [5.74, 6) is -1.07. The molecular weight excluding hydrogens is 467 g/mol. The Hall–Kier alpha value is -3.98. The molecule has 1 amide bonds. The van der Waals surface area contributed by atoms with Crippen molar-refractivity contribution in [3.8, 4) is 5.69 Å². The van der Waals surface area contributed by atoms with Crippen molar-refractivity contribution < 1.29 is 17.6 Å². The molecule has 7 nitrogen and oxygen atoms in total. The smallest absolute Gasteiger partial charge is 0.262 e. The number of nitrogens with one attached hydrogen (secondary N) is 2. The number of halogens is 1. The van der Waals surface area contributed by atoms with E-state index < -0.39 is 15.8 Å². The highest BCUT2D eigenvalue weighted by molar-refractivity contribution is 7.92. The van der Waals surface area contributed by atoms with Gasteiger partial charge in [0.2, 0.25) is 0 Å². The van der Waals surface area contributed by atoms with Crippen molar-refractivity contribution in [2.75, 3.05) is 11.3 Å². The second-order valence-corrected chi connectivity index (χ2v) is 9.67. The van der Waals surface area contributed by atoms with Crippen LogP contribution in [0.4, 0.5) is 10.1 Å². The van der Waals surface area contributed by atoms with Gasteiger partial charge in [-0.2, -0.15) is 5.10 Å². The summed E-state index contributed by atoms with van der Waals surface area (Å²) in [6.45, 7) is 2.37. The summed E-state index contributed by atoms with van der Waals surface area (Å²) < 4.78 is 43.2. The lowest BCUT2D eigenvalue weighted by Gasteiger charge is -2.10. The van der Waals surface area contributed by atoms with Gasteiger partial charge in [-0.3, -0.25) is 9.52 Å². The van der Waals surface area contributed by atoms with E-state index in [4.69, 9.17) is 0 Å². The van der Waals surface area contributed by atoms with E-state index in [1.54, 1.807) is 0 Å². The molecule has 9 heteroatoms. The Morgan fingerprint density at radius 2 is 1.74 bits per heavy atom. The number of hydrogen-bond donors (Lipinski definition) is 2. The maximum Gasteiger partial charge on any atom is 0.262 e. The molecule has 3 aromatic carbocycles. The number of nitrogens with zero attached hydrogens (tertiary/aromatic N) is 2. The van der Waals surface area contributed by atoms with Crippen LogP contribution in [-0.4, -0.2) is 30.7 Å². The Bertz CT molecular complexity index is 1440. The molecule has 0 bridgehead atoms. The normalized spacial score (nSPS) is 11.3. The van der Waals surface area contributed by atoms with Gasteiger partial charge in [0.15, 0.2) is 0 Å². The summed E-state index contributed by atoms with van der Waals surface area (Å²) in [5, 5.41) is 7.38. The van der Waals surface area contributed by atoms with Crippen molar-refractivity contribution in [2.45, 2.75) is 24.7 Å². The number of carbonyl (C=O) groups excluding carboxylic acids is 1. The van der Waals surface area contributed by atoms with Crippen LogP contribution in [0.15, 0.2) is 90.0 Å². The monoisotopic (exact) mass is 492 g/mol. The fourth-order valence-corrected chi connectivity index (χ4v) is 4.70. The minimum atomic E-state index is -4.06. The first kappa shape index (κ1) is 24.2. The van der Waals surface area contributed by atoms with Crippen molar-refractivity contribution in [3.05, 3.63) is 108 Å². The predicted molar refractivity (Wildman–Crippen MR) is 133 cm³/mol. The van der Waals surface area contributed by atoms with Crippen LogP contribution in [0.2, 0.25) is 0 Å². The minimum absolute atomic E-state index is 0.127. The van der Waals surface area contributed by atoms with Gasteiger partial charge in [0, 0.05) is 18.3 Å². The molecule has 0 aliphatic heterocycles. The Balaban J connectivity index is 1.34. The predicted octanol–water partition coefficient (Wildman–Crippen LogP) is 4.48. The van der Waals surface area contributed by atoms with Crippen LogP contribution < -0.4 is 10.0 Å². The Morgan fingerprint density at radius 1 is 1.00 bits per heavy atom. The van der Waals surface area contributed by atoms with Crippen molar-refractivity contribution in [1.29, 1.82) is 0 Å². The summed E-state index contributed by atoms with van der Waals surface area (Å²) >= 11 is 0. The van der Waals surface area contributed by atoms with Crippen molar-refractivity contribution in [2.24, 2.45) is 0 Å². The number of carbonyl (C=O) groups is 1. The van der Waals surface area contributed by atoms with E-state index in [1.165, 1.54) is 42.5 Å². The molecule has 0 aliphatic rings. The SMILES string of the molecule is Cc1nn(-c2ccccc2)cc1CCCNC(=O)c1cccc(S(=O)(=O)Nc2ccccc2F)c1. The van der Waals surface area contributed by atoms with E-state index in [2.05, 4.69) is 15.1 Å². The van der Waals surface area contributed by atoms with Crippen molar-refractivity contribution >= 4 is 21.6 Å². The standard InChI is InChI=1S/C26H25FN4O3S/c1-19-21(18-31(29-19)22-11-3-2-4-12-22)10-8-16-28-26(32)20-9-7-13-23(17-20)35(33,34)30-25-15-6-5-14-24(25)27/h2-7,9,11-15,17-18,30H,8,10,16H2,1H3,(H,28,32). The fraction of sp³-hybridized carbons (Fsp3) is 0.154. The average molecular weight is 493 g/mol. The third-order valence-corrected chi connectivity index (χ3v) is 6.82.